The number of ether oxygens (including phenoxy) is 1. The van der Waals surface area contributed by atoms with Crippen LogP contribution in [0.15, 0.2) is 54.9 Å². The first-order valence-corrected chi connectivity index (χ1v) is 10.4. The third-order valence-electron chi connectivity index (χ3n) is 5.14. The van der Waals surface area contributed by atoms with Gasteiger partial charge in [0.15, 0.2) is 0 Å². The molecular weight excluding hydrogens is 418 g/mol. The molecule has 4 rings (SSSR count). The molecule has 0 aliphatic heterocycles. The lowest BCUT2D eigenvalue weighted by Gasteiger charge is -2.25. The van der Waals surface area contributed by atoms with Gasteiger partial charge in [0.25, 0.3) is 0 Å². The van der Waals surface area contributed by atoms with Crippen LogP contribution in [0.25, 0.3) is 33.5 Å². The number of fused-ring (bicyclic) bond motifs is 1. The minimum absolute atomic E-state index is 0.220. The van der Waals surface area contributed by atoms with E-state index in [2.05, 4.69) is 40.6 Å². The van der Waals surface area contributed by atoms with E-state index in [4.69, 9.17) is 20.9 Å². The minimum atomic E-state index is -0.700. The van der Waals surface area contributed by atoms with Crippen LogP contribution >= 0.6 is 0 Å². The summed E-state index contributed by atoms with van der Waals surface area (Å²) in [5, 5.41) is 10.7. The normalized spacial score (nSPS) is 11.4. The Morgan fingerprint density at radius 1 is 1.09 bits per heavy atom. The van der Waals surface area contributed by atoms with Gasteiger partial charge >= 0.3 is 6.09 Å². The zero-order valence-electron chi connectivity index (χ0n) is 18.9. The van der Waals surface area contributed by atoms with Crippen LogP contribution in [0, 0.1) is 5.41 Å². The molecule has 0 unspecified atom stereocenters. The molecule has 4 aromatic rings. The maximum Gasteiger partial charge on any atom is 0.413 e. The molecule has 1 amide bonds. The first-order chi connectivity index (χ1) is 15.7. The molecule has 0 radical (unpaired) electrons. The predicted octanol–water partition coefficient (Wildman–Crippen LogP) is 4.18. The van der Waals surface area contributed by atoms with Gasteiger partial charge < -0.3 is 20.4 Å². The van der Waals surface area contributed by atoms with Crippen molar-refractivity contribution in [2.75, 3.05) is 12.8 Å². The van der Waals surface area contributed by atoms with E-state index < -0.39 is 6.09 Å². The molecule has 0 spiro atoms. The Balaban J connectivity index is 1.90. The number of nitrogens with one attached hydrogen (secondary N) is 2. The van der Waals surface area contributed by atoms with Gasteiger partial charge in [0, 0.05) is 41.7 Å². The van der Waals surface area contributed by atoms with Crippen molar-refractivity contribution in [3.63, 3.8) is 0 Å². The number of hydrogen-bond donors (Lipinski definition) is 3. The number of carbonyl (C=O) groups is 1. The molecule has 0 aliphatic rings. The van der Waals surface area contributed by atoms with Crippen LogP contribution in [-0.2, 0) is 10.3 Å². The molecule has 2 heterocycles. The van der Waals surface area contributed by atoms with Crippen molar-refractivity contribution in [3.8, 4) is 22.5 Å². The van der Waals surface area contributed by atoms with Gasteiger partial charge in [0.2, 0.25) is 11.8 Å². The summed E-state index contributed by atoms with van der Waals surface area (Å²) in [4.78, 5) is 24.8. The van der Waals surface area contributed by atoms with Crippen LogP contribution in [0.4, 0.5) is 10.7 Å². The Hall–Kier alpha value is -4.27. The minimum Gasteiger partial charge on any atom is -0.391 e. The Labute approximate surface area is 191 Å². The Morgan fingerprint density at radius 2 is 1.79 bits per heavy atom. The highest BCUT2D eigenvalue weighted by Crippen LogP contribution is 2.34. The second kappa shape index (κ2) is 8.34. The van der Waals surface area contributed by atoms with Crippen LogP contribution in [0.3, 0.4) is 0 Å². The maximum atomic E-state index is 11.7. The molecule has 0 atom stereocenters. The van der Waals surface area contributed by atoms with Crippen molar-refractivity contribution >= 4 is 29.0 Å². The number of rotatable bonds is 3. The number of anilines is 1. The average molecular weight is 444 g/mol. The van der Waals surface area contributed by atoms with Crippen LogP contribution < -0.4 is 11.1 Å². The lowest BCUT2D eigenvalue weighted by molar-refractivity contribution is 0.199. The zero-order chi connectivity index (χ0) is 23.8. The first-order valence-electron chi connectivity index (χ1n) is 10.4. The molecule has 0 saturated heterocycles. The van der Waals surface area contributed by atoms with E-state index in [-0.39, 0.29) is 17.4 Å². The van der Waals surface area contributed by atoms with Crippen molar-refractivity contribution < 1.29 is 9.53 Å². The van der Waals surface area contributed by atoms with Crippen molar-refractivity contribution in [2.24, 2.45) is 0 Å². The largest absolute Gasteiger partial charge is 0.413 e. The van der Waals surface area contributed by atoms with E-state index in [1.807, 2.05) is 30.3 Å². The fourth-order valence-corrected chi connectivity index (χ4v) is 3.68. The summed E-state index contributed by atoms with van der Waals surface area (Å²) >= 11 is 0. The highest BCUT2D eigenvalue weighted by Gasteiger charge is 2.25. The molecule has 4 N–H and O–H groups in total. The summed E-state index contributed by atoms with van der Waals surface area (Å²) in [7, 11) is 1.45. The molecule has 9 heteroatoms. The molecule has 0 aliphatic carbocycles. The molecule has 33 heavy (non-hydrogen) atoms. The number of nitrogens with zero attached hydrogens (tertiary/aromatic N) is 4. The number of nitrogens with two attached hydrogens (primary N) is 1. The van der Waals surface area contributed by atoms with E-state index in [1.54, 1.807) is 24.5 Å². The van der Waals surface area contributed by atoms with Crippen molar-refractivity contribution in [1.82, 2.24) is 24.8 Å². The number of aromatic nitrogens is 4. The van der Waals surface area contributed by atoms with Crippen molar-refractivity contribution in [1.29, 1.82) is 5.41 Å². The summed E-state index contributed by atoms with van der Waals surface area (Å²) in [6.45, 7) is 6.27. The van der Waals surface area contributed by atoms with E-state index in [0.717, 1.165) is 22.2 Å². The number of imidazole rings is 1. The number of amides is 1. The van der Waals surface area contributed by atoms with Crippen LogP contribution in [0.5, 0.6) is 0 Å². The maximum absolute atomic E-state index is 11.7. The number of benzene rings is 2. The van der Waals surface area contributed by atoms with E-state index >= 15 is 0 Å². The number of hydrogen-bond acceptors (Lipinski definition) is 7. The SMILES string of the molecule is CNC(=O)OC(=N)c1ccccc1-c1nc2cc(-c3cnc(N)nc3)ccc2n1C(C)(C)C. The third kappa shape index (κ3) is 4.25. The number of nitrogen functional groups attached to an aromatic ring is 1. The van der Waals surface area contributed by atoms with E-state index in [1.165, 1.54) is 7.05 Å². The second-order valence-corrected chi connectivity index (χ2v) is 8.49. The second-order valence-electron chi connectivity index (χ2n) is 8.49. The fraction of sp³-hybridized carbons (Fsp3) is 0.208. The van der Waals surface area contributed by atoms with Gasteiger partial charge in [-0.15, -0.1) is 0 Å². The average Bonchev–Trinajstić information content (AvgIpc) is 3.18. The summed E-state index contributed by atoms with van der Waals surface area (Å²) in [5.74, 6) is 0.637. The number of alkyl carbamates (subject to hydrolysis) is 1. The van der Waals surface area contributed by atoms with Gasteiger partial charge in [-0.2, -0.15) is 0 Å². The van der Waals surface area contributed by atoms with E-state index in [9.17, 15) is 4.79 Å². The quantitative estimate of drug-likeness (QED) is 0.321. The summed E-state index contributed by atoms with van der Waals surface area (Å²) in [6.07, 6.45) is 2.66. The lowest BCUT2D eigenvalue weighted by atomic mass is 10.0. The molecule has 0 fully saturated rings. The number of carbonyl (C=O) groups excluding carboxylic acids is 1. The van der Waals surface area contributed by atoms with Crippen molar-refractivity contribution in [2.45, 2.75) is 26.3 Å². The molecule has 9 nitrogen and oxygen atoms in total. The molecule has 0 bridgehead atoms. The van der Waals surface area contributed by atoms with E-state index in [0.29, 0.717) is 17.0 Å². The van der Waals surface area contributed by atoms with Gasteiger partial charge in [0.05, 0.1) is 11.0 Å². The Bertz CT molecular complexity index is 1350. The highest BCUT2D eigenvalue weighted by molar-refractivity contribution is 6.03. The Morgan fingerprint density at radius 3 is 2.45 bits per heavy atom. The van der Waals surface area contributed by atoms with Gasteiger partial charge in [-0.05, 0) is 44.5 Å². The summed E-state index contributed by atoms with van der Waals surface area (Å²) < 4.78 is 7.23. The highest BCUT2D eigenvalue weighted by atomic mass is 16.6. The monoisotopic (exact) mass is 443 g/mol. The molecule has 2 aromatic carbocycles. The van der Waals surface area contributed by atoms with Crippen LogP contribution in [0.2, 0.25) is 0 Å². The standard InChI is InChI=1S/C24H25N7O2/c1-24(2,3)31-19-10-9-14(15-12-28-22(26)29-13-15)11-18(19)30-21(31)17-8-6-5-7-16(17)20(25)33-23(32)27-4/h5-13,25H,1-4H3,(H,27,32)(H2,26,28,29). The van der Waals surface area contributed by atoms with Crippen molar-refractivity contribution in [3.05, 3.63) is 60.4 Å². The topological polar surface area (TPSA) is 132 Å². The zero-order valence-corrected chi connectivity index (χ0v) is 18.9. The van der Waals surface area contributed by atoms with Crippen LogP contribution in [0.1, 0.15) is 26.3 Å². The predicted molar refractivity (Wildman–Crippen MR) is 128 cm³/mol. The molecular formula is C24H25N7O2. The first kappa shape index (κ1) is 21.9. The van der Waals surface area contributed by atoms with Gasteiger partial charge in [-0.1, -0.05) is 24.3 Å². The lowest BCUT2D eigenvalue weighted by Crippen LogP contribution is -2.25. The summed E-state index contributed by atoms with van der Waals surface area (Å²) in [6, 6.07) is 13.3. The molecule has 168 valence electrons. The van der Waals surface area contributed by atoms with Crippen LogP contribution in [-0.4, -0.2) is 38.6 Å². The van der Waals surface area contributed by atoms with Gasteiger partial charge in [0.1, 0.15) is 5.82 Å². The summed E-state index contributed by atoms with van der Waals surface area (Å²) in [5.41, 5.74) is 9.92. The van der Waals surface area contributed by atoms with Gasteiger partial charge in [-0.25, -0.2) is 19.7 Å². The molecule has 0 saturated carbocycles. The smallest absolute Gasteiger partial charge is 0.391 e. The third-order valence-corrected chi connectivity index (χ3v) is 5.14. The fourth-order valence-electron chi connectivity index (χ4n) is 3.68. The molecule has 2 aromatic heterocycles. The Kier molecular flexibility index (Phi) is 5.55. The van der Waals surface area contributed by atoms with Gasteiger partial charge in [-0.3, -0.25) is 5.41 Å².